The number of aldehydes is 1. The van der Waals surface area contributed by atoms with Gasteiger partial charge in [0.1, 0.15) is 78.8 Å². The minimum Gasteiger partial charge on any atom is -0.370 e. The minimum absolute atomic E-state index is 0.00904. The third-order valence-corrected chi connectivity index (χ3v) is 24.0. The van der Waals surface area contributed by atoms with E-state index < -0.39 is 192 Å². The second-order valence-electron chi connectivity index (χ2n) is 33.2. The summed E-state index contributed by atoms with van der Waals surface area (Å²) in [6, 6.07) is -3.04. The molecule has 2 aromatic carbocycles. The molecule has 2 aliphatic rings. The number of carbonyl (C=O) groups is 17. The Kier molecular flexibility index (Phi) is 39.8. The number of nitrogens with one attached hydrogen (secondary N) is 15. The van der Waals surface area contributed by atoms with Gasteiger partial charge in [0.05, 0.1) is 43.5 Å². The molecule has 0 radical (unpaired) electrons. The molecule has 0 aliphatic carbocycles. The summed E-state index contributed by atoms with van der Waals surface area (Å²) >= 11 is 0.801. The summed E-state index contributed by atoms with van der Waals surface area (Å²) in [7, 11) is 4.08. The third kappa shape index (κ3) is 29.5. The highest BCUT2D eigenvalue weighted by atomic mass is 32.2. The van der Waals surface area contributed by atoms with Crippen LogP contribution in [-0.4, -0.2) is 287 Å². The maximum absolute atomic E-state index is 15.6. The Bertz CT molecular complexity index is 4930. The molecule has 0 bridgehead atoms. The normalized spacial score (nSPS) is 16.4. The summed E-state index contributed by atoms with van der Waals surface area (Å²) in [5.41, 5.74) is 14.8. The van der Waals surface area contributed by atoms with Crippen LogP contribution in [0.25, 0.3) is 21.8 Å². The van der Waals surface area contributed by atoms with E-state index in [1.807, 2.05) is 76.2 Å². The van der Waals surface area contributed by atoms with E-state index >= 15 is 14.4 Å². The number of nitrogens with two attached hydrogens (primary N) is 2. The van der Waals surface area contributed by atoms with Crippen LogP contribution in [0.4, 0.5) is 0 Å². The van der Waals surface area contributed by atoms with Gasteiger partial charge in [-0.2, -0.15) is 0 Å². The molecule has 2 aliphatic heterocycles. The van der Waals surface area contributed by atoms with Gasteiger partial charge in [-0.05, 0) is 100 Å². The Labute approximate surface area is 758 Å². The van der Waals surface area contributed by atoms with Gasteiger partial charge < -0.3 is 114 Å². The number of H-pyrrole nitrogens is 4. The number of primary amides is 2. The number of fused-ring (bicyclic) bond motifs is 2. The van der Waals surface area contributed by atoms with Crippen molar-refractivity contribution in [3.63, 3.8) is 0 Å². The number of benzene rings is 2. The van der Waals surface area contributed by atoms with Gasteiger partial charge in [-0.1, -0.05) is 102 Å². The quantitative estimate of drug-likeness (QED) is 0.0176. The van der Waals surface area contributed by atoms with Crippen LogP contribution in [0.3, 0.4) is 0 Å². The lowest BCUT2D eigenvalue weighted by molar-refractivity contribution is -0.149. The first kappa shape index (κ1) is 102. The Morgan fingerprint density at radius 3 is 1.60 bits per heavy atom. The SMILES string of the molecule is C=CC[C@H](NC(=O)[C@H](Cc1c[nH]c2ccccc12)NC(=O)[C@@H]1CCCN1)C(=O)N[C@@H](Cc1c[nH]c2ccccc12)C(=O)N(C)[C@@H](CCCC)C(=O)N(C)[C@@H](CCCC)C(=O)N[C@@H](CC=C)C(=O)N[C@@H](CSCC(=O)N[C@@H](Cc1cnc[nH]1)C(=O)N(C)[C@@H](C)C(=O)N[C@@H](CC(N)=O)C(=O)N1CCC[C@H]1C(=O)N[C@@H](Cc1cnc[nH]1)C(=O)N[C@H](C=O)CC(C)C)C(=O)NCC(N)=O. The average molecular weight is 1820 g/mol. The Balaban J connectivity index is 0.939. The zero-order valence-electron chi connectivity index (χ0n) is 74.8. The molecule has 0 saturated carbocycles. The molecule has 40 nitrogen and oxygen atoms in total. The number of rotatable bonds is 54. The molecule has 14 atom stereocenters. The molecule has 0 unspecified atom stereocenters. The number of nitrogens with zero attached hydrogens (tertiary/aromatic N) is 6. The third-order valence-electron chi connectivity index (χ3n) is 23.0. The molecule has 4 aromatic heterocycles. The molecule has 8 rings (SSSR count). The molecule has 6 heterocycles. The van der Waals surface area contributed by atoms with E-state index in [4.69, 9.17) is 11.5 Å². The van der Waals surface area contributed by atoms with Gasteiger partial charge in [0.25, 0.3) is 0 Å². The van der Waals surface area contributed by atoms with Gasteiger partial charge >= 0.3 is 0 Å². The number of hydrogen-bond donors (Lipinski definition) is 17. The van der Waals surface area contributed by atoms with Gasteiger partial charge in [-0.15, -0.1) is 24.9 Å². The van der Waals surface area contributed by atoms with E-state index in [0.717, 1.165) is 55.4 Å². The molecular formula is C89H125N23O17S. The topological polar surface area (TPSA) is 576 Å². The number of aromatic amines is 4. The van der Waals surface area contributed by atoms with Crippen molar-refractivity contribution >= 4 is 134 Å². The molecule has 704 valence electrons. The molecule has 130 heavy (non-hydrogen) atoms. The van der Waals surface area contributed by atoms with Gasteiger partial charge in [0.2, 0.25) is 94.5 Å². The number of amides is 16. The van der Waals surface area contributed by atoms with E-state index in [-0.39, 0.29) is 81.9 Å². The van der Waals surface area contributed by atoms with E-state index in [1.165, 1.54) is 75.1 Å². The van der Waals surface area contributed by atoms with Crippen LogP contribution >= 0.6 is 11.8 Å². The van der Waals surface area contributed by atoms with Crippen molar-refractivity contribution in [2.24, 2.45) is 17.4 Å². The van der Waals surface area contributed by atoms with Crippen molar-refractivity contribution in [1.82, 2.24) is 108 Å². The summed E-state index contributed by atoms with van der Waals surface area (Å²) in [4.78, 5) is 265. The highest BCUT2D eigenvalue weighted by Gasteiger charge is 2.44. The first-order valence-corrected chi connectivity index (χ1v) is 45.0. The summed E-state index contributed by atoms with van der Waals surface area (Å²) in [5.74, 6) is -13.6. The van der Waals surface area contributed by atoms with Gasteiger partial charge in [0.15, 0.2) is 0 Å². The monoisotopic (exact) mass is 1820 g/mol. The maximum atomic E-state index is 15.6. The van der Waals surface area contributed by atoms with Crippen LogP contribution < -0.4 is 70.0 Å². The largest absolute Gasteiger partial charge is 0.370 e. The number of likely N-dealkylation sites (N-methyl/N-ethyl adjacent to an activating group) is 3. The van der Waals surface area contributed by atoms with Gasteiger partial charge in [-0.3, -0.25) is 76.7 Å². The standard InChI is InChI=1S/C89H125N23O17S/c1-11-15-30-71(110(9)89(129)73(31-16-12-2)111(10)87(127)67(37-54-42-96-61-28-20-18-26-59(54)61)107-80(120)63(23-13-3)102-83(123)65(104-79(119)62-29-21-33-94-62)36-53-41-95-60-27-19-17-25-58(53)60)84(124)103-64(24-14-4)81(121)108-70(78(118)97-45-75(91)115)47-130-48-76(116)101-68(39-56-44-93-50-99-56)86(126)109(8)52(7)77(117)106-69(40-74(90)114)88(128)112-34-22-32-72(112)85(125)105-66(38-55-43-92-49-98-55)82(122)100-57(46-113)35-51(5)6/h13-14,17-20,25-28,41-44,46,49-52,57,62-73,94-96H,3-4,11-12,15-16,21-24,29-40,45,47-48H2,1-2,5-10H3,(H2,90,114)(H2,91,115)(H,92,98)(H,93,99)(H,97,118)(H,100,122)(H,101,116)(H,102,123)(H,103,124)(H,104,119)(H,105,125)(H,106,117)(H,107,120)(H,108,121)/t52-,57-,62-,63-,64-,65-,66-,67-,68-,69-,70-,71-,72-,73-/m0/s1. The predicted molar refractivity (Wildman–Crippen MR) is 485 cm³/mol. The molecule has 6 aromatic rings. The second kappa shape index (κ2) is 50.6. The van der Waals surface area contributed by atoms with Crippen molar-refractivity contribution < 1.29 is 81.5 Å². The number of aromatic nitrogens is 6. The van der Waals surface area contributed by atoms with Crippen molar-refractivity contribution in [3.05, 3.63) is 134 Å². The van der Waals surface area contributed by atoms with Crippen LogP contribution in [0.2, 0.25) is 0 Å². The number of likely N-dealkylation sites (tertiary alicyclic amines) is 1. The molecular weight excluding hydrogens is 1700 g/mol. The number of unbranched alkanes of at least 4 members (excludes halogenated alkanes) is 2. The summed E-state index contributed by atoms with van der Waals surface area (Å²) < 4.78 is 0. The lowest BCUT2D eigenvalue weighted by atomic mass is 9.99. The van der Waals surface area contributed by atoms with Crippen molar-refractivity contribution in [2.75, 3.05) is 52.3 Å². The number of imidazole rings is 2. The summed E-state index contributed by atoms with van der Waals surface area (Å²) in [6.45, 7) is 16.4. The van der Waals surface area contributed by atoms with E-state index in [2.05, 4.69) is 102 Å². The fourth-order valence-corrected chi connectivity index (χ4v) is 16.6. The fraction of sp³-hybridized carbons (Fsp3) is 0.517. The second-order valence-corrected chi connectivity index (χ2v) is 34.2. The fourth-order valence-electron chi connectivity index (χ4n) is 15.7. The maximum Gasteiger partial charge on any atom is 0.246 e. The average Bonchev–Trinajstić information content (AvgIpc) is 1.59. The van der Waals surface area contributed by atoms with Crippen molar-refractivity contribution in [3.8, 4) is 0 Å². The van der Waals surface area contributed by atoms with E-state index in [1.54, 1.807) is 12.4 Å². The van der Waals surface area contributed by atoms with Crippen molar-refractivity contribution in [1.29, 1.82) is 0 Å². The van der Waals surface area contributed by atoms with E-state index in [0.29, 0.717) is 74.7 Å². The number of carbonyl (C=O) groups excluding carboxylic acids is 17. The highest BCUT2D eigenvalue weighted by Crippen LogP contribution is 2.26. The van der Waals surface area contributed by atoms with Crippen LogP contribution in [0.15, 0.2) is 111 Å². The van der Waals surface area contributed by atoms with Gasteiger partial charge in [0, 0.05) is 117 Å². The van der Waals surface area contributed by atoms with Crippen molar-refractivity contribution in [2.45, 2.75) is 235 Å². The Morgan fingerprint density at radius 1 is 0.546 bits per heavy atom. The highest BCUT2D eigenvalue weighted by molar-refractivity contribution is 8.00. The lowest BCUT2D eigenvalue weighted by Gasteiger charge is -2.36. The first-order chi connectivity index (χ1) is 62.2. The Morgan fingerprint density at radius 2 is 1.05 bits per heavy atom. The number of hydrogen-bond acceptors (Lipinski definition) is 21. The van der Waals surface area contributed by atoms with Crippen LogP contribution in [0.1, 0.15) is 147 Å². The predicted octanol–water partition coefficient (Wildman–Crippen LogP) is -0.0392. The summed E-state index contributed by atoms with van der Waals surface area (Å²) in [6.07, 6.45) is 15.0. The molecule has 2 fully saturated rings. The summed E-state index contributed by atoms with van der Waals surface area (Å²) in [5, 5.41) is 31.6. The molecule has 41 heteroatoms. The number of thioether (sulfide) groups is 1. The molecule has 16 amide bonds. The first-order valence-electron chi connectivity index (χ1n) is 43.9. The number of para-hydroxylation sites is 2. The minimum atomic E-state index is -1.67. The zero-order valence-corrected chi connectivity index (χ0v) is 75.7. The van der Waals surface area contributed by atoms with Crippen LogP contribution in [-0.2, 0) is 107 Å². The molecule has 19 N–H and O–H groups in total. The smallest absolute Gasteiger partial charge is 0.246 e. The van der Waals surface area contributed by atoms with Crippen LogP contribution in [0.5, 0.6) is 0 Å². The zero-order chi connectivity index (χ0) is 94.8. The molecule has 0 spiro atoms. The van der Waals surface area contributed by atoms with Crippen LogP contribution in [0, 0.1) is 5.92 Å². The van der Waals surface area contributed by atoms with E-state index in [9.17, 15) is 67.1 Å². The Hall–Kier alpha value is -13.1. The molecule has 2 saturated heterocycles. The van der Waals surface area contributed by atoms with Gasteiger partial charge in [-0.25, -0.2) is 9.97 Å². The lowest BCUT2D eigenvalue weighted by Crippen LogP contribution is -2.61.